The van der Waals surface area contributed by atoms with Gasteiger partial charge >= 0.3 is 18.2 Å². The minimum atomic E-state index is -4.54. The Bertz CT molecular complexity index is 1180. The van der Waals surface area contributed by atoms with Gasteiger partial charge in [-0.1, -0.05) is 12.1 Å². The fourth-order valence-electron chi connectivity index (χ4n) is 4.77. The molecule has 1 aromatic heterocycles. The number of benzene rings is 1. The first kappa shape index (κ1) is 27.1. The van der Waals surface area contributed by atoms with E-state index in [9.17, 15) is 32.7 Å². The topological polar surface area (TPSA) is 119 Å². The average Bonchev–Trinajstić information content (AvgIpc) is 3.44. The number of carbonyl (C=O) groups is 3. The predicted molar refractivity (Wildman–Crippen MR) is 133 cm³/mol. The number of hydrogen-bond acceptors (Lipinski definition) is 7. The number of nitrogens with one attached hydrogen (secondary N) is 1. The van der Waals surface area contributed by atoms with E-state index in [1.807, 2.05) is 13.8 Å². The van der Waals surface area contributed by atoms with Gasteiger partial charge < -0.3 is 20.2 Å². The quantitative estimate of drug-likeness (QED) is 0.445. The first-order chi connectivity index (χ1) is 18.0. The van der Waals surface area contributed by atoms with E-state index in [1.54, 1.807) is 34.1 Å². The predicted octanol–water partition coefficient (Wildman–Crippen LogP) is 3.47. The van der Waals surface area contributed by atoms with Gasteiger partial charge in [0.1, 0.15) is 17.9 Å². The summed E-state index contributed by atoms with van der Waals surface area (Å²) in [5.41, 5.74) is 0.662. The lowest BCUT2D eigenvalue weighted by molar-refractivity contribution is -0.137. The van der Waals surface area contributed by atoms with Gasteiger partial charge in [-0.05, 0) is 44.4 Å². The number of aliphatic carboxylic acids is 1. The van der Waals surface area contributed by atoms with E-state index in [0.717, 1.165) is 17.5 Å². The lowest BCUT2D eigenvalue weighted by Gasteiger charge is -2.22. The van der Waals surface area contributed by atoms with E-state index in [4.69, 9.17) is 0 Å². The minimum Gasteiger partial charge on any atom is -0.480 e. The van der Waals surface area contributed by atoms with Crippen molar-refractivity contribution in [1.29, 1.82) is 0 Å². The zero-order chi connectivity index (χ0) is 27.6. The Morgan fingerprint density at radius 2 is 1.89 bits per heavy atom. The molecule has 4 rings (SSSR count). The molecule has 0 radical (unpaired) electrons. The maximum absolute atomic E-state index is 13.2. The number of carboxylic acids is 1. The molecule has 1 aromatic carbocycles. The summed E-state index contributed by atoms with van der Waals surface area (Å²) in [5.74, 6) is -1.56. The van der Waals surface area contributed by atoms with E-state index >= 15 is 0 Å². The molecule has 13 heteroatoms. The number of amides is 3. The second-order valence-corrected chi connectivity index (χ2v) is 9.22. The second-order valence-electron chi connectivity index (χ2n) is 9.22. The summed E-state index contributed by atoms with van der Waals surface area (Å²) in [5, 5.41) is 12.5. The highest BCUT2D eigenvalue weighted by Gasteiger charge is 2.48. The van der Waals surface area contributed by atoms with Crippen LogP contribution in [0.1, 0.15) is 37.8 Å². The summed E-state index contributed by atoms with van der Waals surface area (Å²) in [6.07, 6.45) is -3.45. The van der Waals surface area contributed by atoms with Gasteiger partial charge in [-0.15, -0.1) is 0 Å². The first-order valence-electron chi connectivity index (χ1n) is 12.4. The van der Waals surface area contributed by atoms with Crippen molar-refractivity contribution in [2.24, 2.45) is 0 Å². The molecule has 3 heterocycles. The zero-order valence-electron chi connectivity index (χ0n) is 21.0. The third-order valence-corrected chi connectivity index (χ3v) is 6.73. The van der Waals surface area contributed by atoms with Crippen LogP contribution in [0, 0.1) is 0 Å². The average molecular weight is 535 g/mol. The Kier molecular flexibility index (Phi) is 7.74. The van der Waals surface area contributed by atoms with Crippen molar-refractivity contribution in [2.75, 3.05) is 34.8 Å². The van der Waals surface area contributed by atoms with Crippen molar-refractivity contribution in [1.82, 2.24) is 14.9 Å². The van der Waals surface area contributed by atoms with Crippen LogP contribution in [0.15, 0.2) is 30.5 Å². The molecule has 2 saturated heterocycles. The normalized spacial score (nSPS) is 18.1. The first-order valence-corrected chi connectivity index (χ1v) is 12.4. The smallest absolute Gasteiger partial charge is 0.393 e. The molecule has 204 valence electrons. The number of carboxylic acid groups (broad SMARTS) is 1. The number of urea groups is 1. The van der Waals surface area contributed by atoms with Crippen LogP contribution in [0.25, 0.3) is 0 Å². The number of alkyl halides is 3. The maximum Gasteiger partial charge on any atom is 0.393 e. The van der Waals surface area contributed by atoms with Crippen LogP contribution in [-0.4, -0.2) is 75.8 Å². The molecular formula is C25H29F3N6O4. The molecule has 0 bridgehead atoms. The number of nitrogens with zero attached hydrogens (tertiary/aromatic N) is 5. The third-order valence-electron chi connectivity index (χ3n) is 6.73. The van der Waals surface area contributed by atoms with Gasteiger partial charge in [0.15, 0.2) is 0 Å². The number of halogens is 3. The summed E-state index contributed by atoms with van der Waals surface area (Å²) in [6, 6.07) is 4.19. The van der Waals surface area contributed by atoms with E-state index in [1.165, 1.54) is 0 Å². The van der Waals surface area contributed by atoms with Crippen molar-refractivity contribution >= 4 is 35.4 Å². The molecule has 2 N–H and O–H groups in total. The van der Waals surface area contributed by atoms with E-state index < -0.39 is 30.7 Å². The standard InChI is InChI=1S/C25H29F3N6O4/c1-3-32(4-2)23-29-14-16(13-25(26,27)28)20(31-23)30-18(22(36)37)12-15-7-9-17(10-8-15)34-21(35)19-6-5-11-33(19)24(34)38/h7-10,14,18-19H,3-6,11-13H2,1-2H3,(H,36,37)(H,29,30,31)/t18?,19-/m0/s1. The van der Waals surface area contributed by atoms with Crippen LogP contribution >= 0.6 is 0 Å². The Labute approximate surface area is 217 Å². The number of rotatable bonds is 10. The molecule has 0 saturated carbocycles. The minimum absolute atomic E-state index is 0.0810. The van der Waals surface area contributed by atoms with Gasteiger partial charge in [-0.3, -0.25) is 4.79 Å². The van der Waals surface area contributed by atoms with Gasteiger partial charge in [0.05, 0.1) is 12.1 Å². The van der Waals surface area contributed by atoms with Crippen LogP contribution in [0.3, 0.4) is 0 Å². The second kappa shape index (κ2) is 10.8. The van der Waals surface area contributed by atoms with Crippen LogP contribution < -0.4 is 15.1 Å². The molecule has 0 spiro atoms. The van der Waals surface area contributed by atoms with Crippen molar-refractivity contribution in [3.8, 4) is 0 Å². The van der Waals surface area contributed by atoms with Gasteiger partial charge in [-0.2, -0.15) is 18.2 Å². The highest BCUT2D eigenvalue weighted by molar-refractivity contribution is 6.21. The van der Waals surface area contributed by atoms with Crippen LogP contribution in [-0.2, 0) is 22.4 Å². The Balaban J connectivity index is 1.54. The van der Waals surface area contributed by atoms with Gasteiger partial charge in [-0.25, -0.2) is 19.5 Å². The molecule has 2 aliphatic heterocycles. The lowest BCUT2D eigenvalue weighted by Crippen LogP contribution is -2.34. The van der Waals surface area contributed by atoms with Crippen molar-refractivity contribution in [2.45, 2.75) is 57.8 Å². The molecule has 2 atom stereocenters. The van der Waals surface area contributed by atoms with Gasteiger partial charge in [0.25, 0.3) is 5.91 Å². The Morgan fingerprint density at radius 1 is 1.21 bits per heavy atom. The lowest BCUT2D eigenvalue weighted by atomic mass is 10.0. The van der Waals surface area contributed by atoms with Gasteiger partial charge in [0.2, 0.25) is 5.95 Å². The summed E-state index contributed by atoms with van der Waals surface area (Å²) < 4.78 is 39.6. The molecule has 2 fully saturated rings. The monoisotopic (exact) mass is 534 g/mol. The fraction of sp³-hybridized carbons (Fsp3) is 0.480. The van der Waals surface area contributed by atoms with Crippen molar-refractivity contribution < 1.29 is 32.7 Å². The van der Waals surface area contributed by atoms with Crippen molar-refractivity contribution in [3.63, 3.8) is 0 Å². The highest BCUT2D eigenvalue weighted by atomic mass is 19.4. The van der Waals surface area contributed by atoms with E-state index in [2.05, 4.69) is 15.3 Å². The molecule has 1 unspecified atom stereocenters. The summed E-state index contributed by atoms with van der Waals surface area (Å²) >= 11 is 0. The summed E-state index contributed by atoms with van der Waals surface area (Å²) in [7, 11) is 0. The van der Waals surface area contributed by atoms with Gasteiger partial charge in [0, 0.05) is 37.8 Å². The molecular weight excluding hydrogens is 505 g/mol. The Hall–Kier alpha value is -3.90. The van der Waals surface area contributed by atoms with Crippen LogP contribution in [0.2, 0.25) is 0 Å². The number of aromatic nitrogens is 2. The molecule has 38 heavy (non-hydrogen) atoms. The summed E-state index contributed by atoms with van der Waals surface area (Å²) in [6.45, 7) is 5.26. The summed E-state index contributed by atoms with van der Waals surface area (Å²) in [4.78, 5) is 50.1. The maximum atomic E-state index is 13.2. The molecule has 3 amide bonds. The van der Waals surface area contributed by atoms with E-state index in [-0.39, 0.29) is 35.7 Å². The fourth-order valence-corrected chi connectivity index (χ4v) is 4.77. The number of hydrogen-bond donors (Lipinski definition) is 2. The highest BCUT2D eigenvalue weighted by Crippen LogP contribution is 2.32. The number of anilines is 3. The SMILES string of the molecule is CCN(CC)c1ncc(CC(F)(F)F)c(NC(Cc2ccc(N3C(=O)[C@@H]4CCCN4C3=O)cc2)C(=O)O)n1. The molecule has 0 aliphatic carbocycles. The zero-order valence-corrected chi connectivity index (χ0v) is 21.0. The number of fused-ring (bicyclic) bond motifs is 1. The van der Waals surface area contributed by atoms with Crippen LogP contribution in [0.5, 0.6) is 0 Å². The van der Waals surface area contributed by atoms with E-state index in [0.29, 0.717) is 37.3 Å². The Morgan fingerprint density at radius 3 is 2.47 bits per heavy atom. The largest absolute Gasteiger partial charge is 0.480 e. The third kappa shape index (κ3) is 5.65. The molecule has 2 aromatic rings. The van der Waals surface area contributed by atoms with Crippen molar-refractivity contribution in [3.05, 3.63) is 41.6 Å². The number of imide groups is 1. The molecule has 10 nitrogen and oxygen atoms in total. The molecule has 2 aliphatic rings. The van der Waals surface area contributed by atoms with Crippen LogP contribution in [0.4, 0.5) is 35.4 Å². The number of carbonyl (C=O) groups excluding carboxylic acids is 2.